The first-order valence-corrected chi connectivity index (χ1v) is 15.4. The molecule has 0 radical (unpaired) electrons. The minimum atomic E-state index is -4.72. The van der Waals surface area contributed by atoms with E-state index < -0.39 is 25.5 Å². The van der Waals surface area contributed by atoms with E-state index in [1.165, 1.54) is 56.3 Å². The van der Waals surface area contributed by atoms with Gasteiger partial charge in [0.05, 0.1) is 11.6 Å². The van der Waals surface area contributed by atoms with Crippen LogP contribution in [0.5, 0.6) is 5.75 Å². The predicted molar refractivity (Wildman–Crippen MR) is 183 cm³/mol. The van der Waals surface area contributed by atoms with Crippen LogP contribution in [0.15, 0.2) is 103 Å². The van der Waals surface area contributed by atoms with E-state index in [0.29, 0.717) is 11.1 Å². The molecule has 0 fully saturated rings. The maximum atomic E-state index is 12.1. The monoisotopic (exact) mass is 795 g/mol. The smallest absolute Gasteiger partial charge is 0.406 e. The summed E-state index contributed by atoms with van der Waals surface area (Å²) in [6.45, 7) is 2.86. The molecule has 0 spiro atoms. The SMILES string of the molecule is CC(=O)CCC(=O)Cl.CC(=O)CCC(=O)c1ccc(-c2ccc(OC(F)(F)F)cc2)cc1.F.FB(F)F.FC(F)(F)OC1=C[C+]=C(c2ccccc2)C=C1. The normalized spacial score (nSPS) is 11.4. The summed E-state index contributed by atoms with van der Waals surface area (Å²) in [5.74, 6) is -0.717. The van der Waals surface area contributed by atoms with Crippen molar-refractivity contribution >= 4 is 47.3 Å². The molecule has 0 atom stereocenters. The Labute approximate surface area is 308 Å². The lowest BCUT2D eigenvalue weighted by Crippen LogP contribution is -2.16. The minimum absolute atomic E-state index is 0. The fourth-order valence-corrected chi connectivity index (χ4v) is 3.91. The van der Waals surface area contributed by atoms with Gasteiger partial charge in [0.25, 0.3) is 0 Å². The van der Waals surface area contributed by atoms with Crippen molar-refractivity contribution in [2.45, 2.75) is 52.3 Å². The summed E-state index contributed by atoms with van der Waals surface area (Å²) in [7, 11) is -3.67. The molecule has 0 aliphatic heterocycles. The van der Waals surface area contributed by atoms with Gasteiger partial charge in [0.2, 0.25) is 11.0 Å². The van der Waals surface area contributed by atoms with Gasteiger partial charge < -0.3 is 19.1 Å². The molecular weight excluding hydrogens is 765 g/mol. The van der Waals surface area contributed by atoms with Crippen LogP contribution in [-0.2, 0) is 19.1 Å². The van der Waals surface area contributed by atoms with Gasteiger partial charge in [-0.05, 0) is 60.8 Å². The zero-order chi connectivity index (χ0) is 40.2. The van der Waals surface area contributed by atoms with Crippen LogP contribution in [-0.4, -0.2) is 42.9 Å². The van der Waals surface area contributed by atoms with Crippen LogP contribution in [0.2, 0.25) is 0 Å². The Hall–Kier alpha value is -5.28. The Bertz CT molecular complexity index is 1710. The maximum absolute atomic E-state index is 12.1. The Morgan fingerprint density at radius 3 is 1.50 bits per heavy atom. The number of Topliss-reactive ketones (excluding diaryl/α,β-unsaturated/α-hetero) is 3. The Kier molecular flexibility index (Phi) is 21.8. The largest absolute Gasteiger partial charge is 0.762 e. The highest BCUT2D eigenvalue weighted by atomic mass is 35.5. The van der Waals surface area contributed by atoms with Gasteiger partial charge in [-0.15, -0.1) is 26.3 Å². The lowest BCUT2D eigenvalue weighted by Gasteiger charge is -2.09. The molecule has 0 bridgehead atoms. The molecule has 0 saturated carbocycles. The standard InChI is InChI=1S/C18H15F3O3.C13H8F3O.C5H7ClO2.BF3.FH/c1-12(22)2-11-17(23)15-5-3-13(4-6-15)14-7-9-16(10-8-14)24-18(19,20)21;14-13(15,16)17-12-8-6-11(7-9-12)10-4-2-1-3-5-10;1-4(7)2-3-5(6)8;2-1(3)4;/h3-10H,2,11H2,1H3;1-6,8-9H;2-3H2,1H3;;1H/q;+1;;;. The third-order valence-corrected chi connectivity index (χ3v) is 6.30. The van der Waals surface area contributed by atoms with Crippen molar-refractivity contribution in [2.75, 3.05) is 0 Å². The van der Waals surface area contributed by atoms with E-state index in [9.17, 15) is 58.5 Å². The van der Waals surface area contributed by atoms with Gasteiger partial charge in [-0.25, -0.2) is 0 Å². The first kappa shape index (κ1) is 48.7. The Morgan fingerprint density at radius 2 is 1.11 bits per heavy atom. The molecular formula is C36H31BClF10O6+. The lowest BCUT2D eigenvalue weighted by atomic mass is 10.0. The number of rotatable bonds is 11. The maximum Gasteiger partial charge on any atom is 0.762 e. The molecule has 54 heavy (non-hydrogen) atoms. The van der Waals surface area contributed by atoms with E-state index in [0.717, 1.165) is 16.7 Å². The molecule has 3 aromatic rings. The summed E-state index contributed by atoms with van der Waals surface area (Å²) in [5, 5.41) is -0.444. The highest BCUT2D eigenvalue weighted by Crippen LogP contribution is 2.28. The number of allylic oxidation sites excluding steroid dienone is 5. The summed E-state index contributed by atoms with van der Waals surface area (Å²) in [6, 6.07) is 21.4. The molecule has 0 amide bonds. The summed E-state index contributed by atoms with van der Waals surface area (Å²) in [6.07, 6.45) is -1.84. The van der Waals surface area contributed by atoms with E-state index in [1.807, 2.05) is 30.3 Å². The molecule has 0 saturated heterocycles. The second-order valence-corrected chi connectivity index (χ2v) is 10.9. The first-order chi connectivity index (χ1) is 24.6. The fraction of sp³-hybridized carbons (Fsp3) is 0.222. The molecule has 18 heteroatoms. The second kappa shape index (κ2) is 24.1. The number of hydrogen-bond acceptors (Lipinski definition) is 6. The summed E-state index contributed by atoms with van der Waals surface area (Å²) < 4.78 is 109. The zero-order valence-electron chi connectivity index (χ0n) is 28.3. The number of alkyl halides is 6. The van der Waals surface area contributed by atoms with Crippen molar-refractivity contribution in [1.82, 2.24) is 0 Å². The second-order valence-electron chi connectivity index (χ2n) is 10.4. The van der Waals surface area contributed by atoms with Gasteiger partial charge in [-0.3, -0.25) is 27.2 Å². The summed E-state index contributed by atoms with van der Waals surface area (Å²) >= 11 is 4.93. The third-order valence-electron chi connectivity index (χ3n) is 6.11. The van der Waals surface area contributed by atoms with Crippen molar-refractivity contribution < 1.29 is 72.6 Å². The molecule has 0 heterocycles. The van der Waals surface area contributed by atoms with Gasteiger partial charge in [-0.1, -0.05) is 54.6 Å². The van der Waals surface area contributed by atoms with Gasteiger partial charge in [-0.2, -0.15) is 0 Å². The average molecular weight is 796 g/mol. The van der Waals surface area contributed by atoms with Crippen LogP contribution in [0, 0.1) is 6.08 Å². The highest BCUT2D eigenvalue weighted by molar-refractivity contribution is 6.63. The van der Waals surface area contributed by atoms with Crippen LogP contribution in [0.1, 0.15) is 55.5 Å². The molecule has 0 N–H and O–H groups in total. The van der Waals surface area contributed by atoms with E-state index in [2.05, 4.69) is 15.5 Å². The number of carbonyl (C=O) groups is 4. The fourth-order valence-electron chi connectivity index (χ4n) is 3.81. The topological polar surface area (TPSA) is 86.7 Å². The number of hydrogen-bond donors (Lipinski definition) is 0. The predicted octanol–water partition coefficient (Wildman–Crippen LogP) is 10.8. The van der Waals surface area contributed by atoms with Crippen LogP contribution in [0.3, 0.4) is 0 Å². The highest BCUT2D eigenvalue weighted by Gasteiger charge is 2.34. The van der Waals surface area contributed by atoms with E-state index in [-0.39, 0.29) is 59.2 Å². The van der Waals surface area contributed by atoms with E-state index in [1.54, 1.807) is 24.3 Å². The Balaban J connectivity index is 0.000000812. The Morgan fingerprint density at radius 1 is 0.648 bits per heavy atom. The number of halogens is 11. The van der Waals surface area contributed by atoms with Gasteiger partial charge in [0.15, 0.2) is 11.4 Å². The zero-order valence-corrected chi connectivity index (χ0v) is 29.0. The van der Waals surface area contributed by atoms with Crippen LogP contribution >= 0.6 is 11.6 Å². The van der Waals surface area contributed by atoms with Crippen molar-refractivity contribution in [3.63, 3.8) is 0 Å². The quantitative estimate of drug-likeness (QED) is 0.0632. The number of ether oxygens (including phenoxy) is 2. The molecule has 0 aromatic heterocycles. The molecule has 0 unspecified atom stereocenters. The van der Waals surface area contributed by atoms with Gasteiger partial charge >= 0.3 is 20.3 Å². The third kappa shape index (κ3) is 23.3. The lowest BCUT2D eigenvalue weighted by molar-refractivity contribution is -0.303. The molecule has 4 rings (SSSR count). The van der Waals surface area contributed by atoms with E-state index in [4.69, 9.17) is 11.6 Å². The molecule has 3 aromatic carbocycles. The number of benzene rings is 3. The average Bonchev–Trinajstić information content (AvgIpc) is 3.06. The molecule has 6 nitrogen and oxygen atoms in total. The van der Waals surface area contributed by atoms with Gasteiger partial charge in [0.1, 0.15) is 23.4 Å². The van der Waals surface area contributed by atoms with E-state index >= 15 is 0 Å². The van der Waals surface area contributed by atoms with Crippen molar-refractivity contribution in [3.05, 3.63) is 120 Å². The number of ketones is 3. The first-order valence-electron chi connectivity index (χ1n) is 15.1. The number of carbonyl (C=O) groups excluding carboxylic acids is 4. The molecule has 1 aliphatic carbocycles. The summed E-state index contributed by atoms with van der Waals surface area (Å²) in [5.41, 5.74) is 3.58. The molecule has 290 valence electrons. The summed E-state index contributed by atoms with van der Waals surface area (Å²) in [4.78, 5) is 42.9. The molecule has 1 aliphatic rings. The minimum Gasteiger partial charge on any atom is -0.406 e. The van der Waals surface area contributed by atoms with Crippen LogP contribution in [0.4, 0.5) is 44.0 Å². The van der Waals surface area contributed by atoms with Crippen molar-refractivity contribution in [3.8, 4) is 16.9 Å². The van der Waals surface area contributed by atoms with Crippen LogP contribution < -0.4 is 4.74 Å². The van der Waals surface area contributed by atoms with Crippen molar-refractivity contribution in [2.24, 2.45) is 0 Å². The van der Waals surface area contributed by atoms with Crippen LogP contribution in [0.25, 0.3) is 16.7 Å². The van der Waals surface area contributed by atoms with Crippen molar-refractivity contribution in [1.29, 1.82) is 0 Å². The van der Waals surface area contributed by atoms with Gasteiger partial charge in [0, 0.05) is 43.4 Å².